The highest BCUT2D eigenvalue weighted by Gasteiger charge is 2.36. The van der Waals surface area contributed by atoms with Gasteiger partial charge in [0, 0.05) is 18.0 Å². The van der Waals surface area contributed by atoms with Crippen molar-refractivity contribution in [3.05, 3.63) is 53.4 Å². The third kappa shape index (κ3) is 3.41. The maximum absolute atomic E-state index is 12.6. The van der Waals surface area contributed by atoms with Crippen molar-refractivity contribution >= 4 is 39.8 Å². The Hall–Kier alpha value is -3.66. The molecule has 10 heteroatoms. The molecule has 0 atom stereocenters. The smallest absolute Gasteiger partial charge is 0.283 e. The number of aliphatic imine (C=N–C) groups is 1. The Morgan fingerprint density at radius 2 is 1.87 bits per heavy atom. The topological polar surface area (TPSA) is 109 Å². The molecule has 0 radical (unpaired) electrons. The van der Waals surface area contributed by atoms with Crippen LogP contribution in [-0.2, 0) is 4.79 Å². The van der Waals surface area contributed by atoms with E-state index in [9.17, 15) is 4.79 Å². The zero-order valence-electron chi connectivity index (χ0n) is 16.4. The van der Waals surface area contributed by atoms with Crippen LogP contribution in [0.1, 0.15) is 11.1 Å². The number of nitrogens with one attached hydrogen (secondary N) is 1. The number of hydrogen-bond acceptors (Lipinski definition) is 8. The van der Waals surface area contributed by atoms with Gasteiger partial charge in [0.15, 0.2) is 17.3 Å². The first-order valence-electron chi connectivity index (χ1n) is 8.76. The molecule has 9 nitrogen and oxygen atoms in total. The predicted octanol–water partition coefficient (Wildman–Crippen LogP) is 2.77. The van der Waals surface area contributed by atoms with Crippen molar-refractivity contribution in [1.82, 2.24) is 9.99 Å². The fourth-order valence-corrected chi connectivity index (χ4v) is 3.83. The predicted molar refractivity (Wildman–Crippen MR) is 114 cm³/mol. The molecule has 1 aromatic carbocycles. The summed E-state index contributed by atoms with van der Waals surface area (Å²) in [4.78, 5) is 20.8. The molecule has 0 bridgehead atoms. The molecule has 1 N–H and O–H groups in total. The van der Waals surface area contributed by atoms with Gasteiger partial charge in [0.1, 0.15) is 5.04 Å². The number of rotatable bonds is 5. The van der Waals surface area contributed by atoms with E-state index < -0.39 is 5.91 Å². The summed E-state index contributed by atoms with van der Waals surface area (Å²) in [5.74, 6) is 0.738. The first-order valence-corrected chi connectivity index (χ1v) is 9.58. The van der Waals surface area contributed by atoms with Crippen molar-refractivity contribution in [2.75, 3.05) is 21.3 Å². The molecular weight excluding hydrogens is 406 g/mol. The minimum Gasteiger partial charge on any atom is -0.493 e. The number of hydrogen-bond donors (Lipinski definition) is 1. The van der Waals surface area contributed by atoms with Gasteiger partial charge in [-0.1, -0.05) is 0 Å². The SMILES string of the molecule is COc1cc(/C=C2/C(=N)N3N=C(c4cccnc4)SC3=NC2=O)cc(OC)c1OC. The second-order valence-electron chi connectivity index (χ2n) is 6.13. The number of methoxy groups -OCH3 is 3. The van der Waals surface area contributed by atoms with Gasteiger partial charge in [-0.3, -0.25) is 15.2 Å². The Bertz CT molecular complexity index is 1100. The molecule has 152 valence electrons. The molecule has 30 heavy (non-hydrogen) atoms. The highest BCUT2D eigenvalue weighted by atomic mass is 32.2. The van der Waals surface area contributed by atoms with Crippen molar-refractivity contribution in [2.24, 2.45) is 10.1 Å². The third-order valence-electron chi connectivity index (χ3n) is 4.36. The van der Waals surface area contributed by atoms with Crippen LogP contribution in [-0.4, -0.2) is 53.3 Å². The summed E-state index contributed by atoms with van der Waals surface area (Å²) in [6.07, 6.45) is 4.89. The molecule has 2 aromatic rings. The maximum Gasteiger partial charge on any atom is 0.283 e. The van der Waals surface area contributed by atoms with E-state index in [0.717, 1.165) is 5.56 Å². The molecule has 2 aliphatic heterocycles. The summed E-state index contributed by atoms with van der Waals surface area (Å²) in [5.41, 5.74) is 1.49. The number of ether oxygens (including phenoxy) is 3. The molecule has 4 rings (SSSR count). The number of amides is 1. The molecule has 0 unspecified atom stereocenters. The van der Waals surface area contributed by atoms with Gasteiger partial charge in [-0.25, -0.2) is 0 Å². The highest BCUT2D eigenvalue weighted by Crippen LogP contribution is 2.39. The Morgan fingerprint density at radius 3 is 2.47 bits per heavy atom. The van der Waals surface area contributed by atoms with Gasteiger partial charge in [0.25, 0.3) is 5.91 Å². The molecule has 0 saturated heterocycles. The van der Waals surface area contributed by atoms with E-state index in [-0.39, 0.29) is 11.4 Å². The molecule has 0 aliphatic carbocycles. The Labute approximate surface area is 176 Å². The van der Waals surface area contributed by atoms with E-state index in [0.29, 0.717) is 33.0 Å². The average molecular weight is 423 g/mol. The summed E-state index contributed by atoms with van der Waals surface area (Å²) >= 11 is 1.22. The van der Waals surface area contributed by atoms with E-state index >= 15 is 0 Å². The highest BCUT2D eigenvalue weighted by molar-refractivity contribution is 8.27. The number of benzene rings is 1. The van der Waals surface area contributed by atoms with E-state index in [1.807, 2.05) is 6.07 Å². The molecule has 2 aliphatic rings. The minimum atomic E-state index is -0.518. The lowest BCUT2D eigenvalue weighted by Crippen LogP contribution is -2.35. The lowest BCUT2D eigenvalue weighted by atomic mass is 10.1. The van der Waals surface area contributed by atoms with E-state index in [1.54, 1.807) is 36.7 Å². The molecular formula is C20H17N5O4S. The quantitative estimate of drug-likeness (QED) is 0.737. The number of fused-ring (bicyclic) bond motifs is 1. The number of pyridine rings is 1. The zero-order chi connectivity index (χ0) is 21.3. The lowest BCUT2D eigenvalue weighted by Gasteiger charge is -2.20. The number of aromatic nitrogens is 1. The van der Waals surface area contributed by atoms with Gasteiger partial charge in [0.2, 0.25) is 10.9 Å². The van der Waals surface area contributed by atoms with Gasteiger partial charge in [-0.15, -0.1) is 0 Å². The van der Waals surface area contributed by atoms with Gasteiger partial charge < -0.3 is 14.2 Å². The monoisotopic (exact) mass is 423 g/mol. The third-order valence-corrected chi connectivity index (χ3v) is 5.32. The number of nitrogens with zero attached hydrogens (tertiary/aromatic N) is 4. The number of carbonyl (C=O) groups excluding carboxylic acids is 1. The van der Waals surface area contributed by atoms with Gasteiger partial charge in [-0.2, -0.15) is 15.1 Å². The molecule has 3 heterocycles. The average Bonchev–Trinajstić information content (AvgIpc) is 3.20. The zero-order valence-corrected chi connectivity index (χ0v) is 17.2. The fraction of sp³-hybridized carbons (Fsp3) is 0.150. The van der Waals surface area contributed by atoms with Crippen LogP contribution in [0, 0.1) is 5.41 Å². The number of amidine groups is 2. The van der Waals surface area contributed by atoms with Crippen LogP contribution in [0.5, 0.6) is 17.2 Å². The molecule has 1 amide bonds. The van der Waals surface area contributed by atoms with E-state index in [1.165, 1.54) is 38.1 Å². The fourth-order valence-electron chi connectivity index (χ4n) is 2.95. The molecule has 0 saturated carbocycles. The van der Waals surface area contributed by atoms with Gasteiger partial charge >= 0.3 is 0 Å². The summed E-state index contributed by atoms with van der Waals surface area (Å²) in [6, 6.07) is 7.04. The van der Waals surface area contributed by atoms with Crippen molar-refractivity contribution < 1.29 is 19.0 Å². The van der Waals surface area contributed by atoms with Crippen molar-refractivity contribution in [1.29, 1.82) is 5.41 Å². The van der Waals surface area contributed by atoms with Gasteiger partial charge in [0.05, 0.1) is 26.9 Å². The first kappa shape index (κ1) is 19.6. The summed E-state index contributed by atoms with van der Waals surface area (Å²) in [5, 5.41) is 15.3. The molecule has 0 fully saturated rings. The standard InChI is InChI=1S/C20H17N5O4S/c1-27-14-8-11(9-15(28-2)16(14)29-3)7-13-17(21)25-20(23-18(13)26)30-19(24-25)12-5-4-6-22-10-12/h4-10,21H,1-3H3/b13-7-,21-17?. The summed E-state index contributed by atoms with van der Waals surface area (Å²) < 4.78 is 16.0. The normalized spacial score (nSPS) is 16.9. The van der Waals surface area contributed by atoms with Crippen LogP contribution < -0.4 is 14.2 Å². The minimum absolute atomic E-state index is 0.0647. The van der Waals surface area contributed by atoms with Crippen LogP contribution in [0.15, 0.2) is 52.3 Å². The Kier molecular flexibility index (Phi) is 5.23. The largest absolute Gasteiger partial charge is 0.493 e. The Morgan fingerprint density at radius 1 is 1.13 bits per heavy atom. The number of thioether (sulfide) groups is 1. The Balaban J connectivity index is 1.72. The molecule has 1 aromatic heterocycles. The second kappa shape index (κ2) is 7.99. The molecule has 0 spiro atoms. The van der Waals surface area contributed by atoms with Crippen molar-refractivity contribution in [3.8, 4) is 17.2 Å². The van der Waals surface area contributed by atoms with Crippen LogP contribution in [0.4, 0.5) is 0 Å². The lowest BCUT2D eigenvalue weighted by molar-refractivity contribution is -0.114. The number of carbonyl (C=O) groups is 1. The second-order valence-corrected chi connectivity index (χ2v) is 7.08. The van der Waals surface area contributed by atoms with Crippen LogP contribution in [0.25, 0.3) is 6.08 Å². The van der Waals surface area contributed by atoms with Crippen LogP contribution >= 0.6 is 11.8 Å². The van der Waals surface area contributed by atoms with Crippen molar-refractivity contribution in [3.63, 3.8) is 0 Å². The first-order chi connectivity index (χ1) is 14.5. The van der Waals surface area contributed by atoms with Gasteiger partial charge in [-0.05, 0) is 47.7 Å². The maximum atomic E-state index is 12.6. The summed E-state index contributed by atoms with van der Waals surface area (Å²) in [7, 11) is 4.53. The van der Waals surface area contributed by atoms with E-state index in [2.05, 4.69) is 15.1 Å². The van der Waals surface area contributed by atoms with Crippen LogP contribution in [0.2, 0.25) is 0 Å². The summed E-state index contributed by atoms with van der Waals surface area (Å²) in [6.45, 7) is 0. The number of hydrazone groups is 1. The van der Waals surface area contributed by atoms with E-state index in [4.69, 9.17) is 19.6 Å². The van der Waals surface area contributed by atoms with Crippen molar-refractivity contribution in [2.45, 2.75) is 0 Å². The van der Waals surface area contributed by atoms with Crippen LogP contribution in [0.3, 0.4) is 0 Å².